The molecule has 0 atom stereocenters. The molecule has 1 rings (SSSR count). The SMILES string of the molecule is CN=C(NCCCCSC)NCCc1cc(Br)ccc1F.I. The van der Waals surface area contributed by atoms with Crippen LogP contribution in [0.4, 0.5) is 4.39 Å². The van der Waals surface area contributed by atoms with Crippen LogP contribution in [0.3, 0.4) is 0 Å². The van der Waals surface area contributed by atoms with Crippen molar-refractivity contribution in [1.29, 1.82) is 0 Å². The number of nitrogens with one attached hydrogen (secondary N) is 2. The number of hydrogen-bond donors (Lipinski definition) is 2. The average Bonchev–Trinajstić information content (AvgIpc) is 2.48. The van der Waals surface area contributed by atoms with Gasteiger partial charge in [0.05, 0.1) is 0 Å². The normalized spacial score (nSPS) is 11.0. The summed E-state index contributed by atoms with van der Waals surface area (Å²) in [5.74, 6) is 1.80. The predicted molar refractivity (Wildman–Crippen MR) is 110 cm³/mol. The number of rotatable bonds is 8. The van der Waals surface area contributed by atoms with Gasteiger partial charge in [-0.3, -0.25) is 4.99 Å². The summed E-state index contributed by atoms with van der Waals surface area (Å²) in [6, 6.07) is 5.01. The van der Waals surface area contributed by atoms with Gasteiger partial charge in [0.15, 0.2) is 5.96 Å². The Morgan fingerprint density at radius 2 is 2.00 bits per heavy atom. The van der Waals surface area contributed by atoms with E-state index in [1.54, 1.807) is 13.1 Å². The first-order valence-electron chi connectivity index (χ1n) is 7.04. The monoisotopic (exact) mass is 503 g/mol. The lowest BCUT2D eigenvalue weighted by Crippen LogP contribution is -2.38. The fourth-order valence-corrected chi connectivity index (χ4v) is 2.75. The van der Waals surface area contributed by atoms with E-state index in [4.69, 9.17) is 0 Å². The molecule has 0 unspecified atom stereocenters. The molecule has 0 aliphatic rings. The summed E-state index contributed by atoms with van der Waals surface area (Å²) in [5.41, 5.74) is 0.701. The predicted octanol–water partition coefficient (Wildman–Crippen LogP) is 4.06. The van der Waals surface area contributed by atoms with Crippen LogP contribution in [0, 0.1) is 5.82 Å². The van der Waals surface area contributed by atoms with Crippen LogP contribution in [-0.4, -0.2) is 38.1 Å². The number of guanidine groups is 1. The molecular formula is C15H24BrFIN3S. The van der Waals surface area contributed by atoms with Gasteiger partial charge in [-0.1, -0.05) is 15.9 Å². The second-order valence-corrected chi connectivity index (χ2v) is 6.51. The van der Waals surface area contributed by atoms with Crippen molar-refractivity contribution < 1.29 is 4.39 Å². The van der Waals surface area contributed by atoms with E-state index in [-0.39, 0.29) is 29.8 Å². The first-order chi connectivity index (χ1) is 10.2. The molecule has 0 amide bonds. The van der Waals surface area contributed by atoms with E-state index >= 15 is 0 Å². The number of thioether (sulfide) groups is 1. The smallest absolute Gasteiger partial charge is 0.190 e. The highest BCUT2D eigenvalue weighted by Crippen LogP contribution is 2.15. The number of halogens is 3. The number of benzene rings is 1. The quantitative estimate of drug-likeness (QED) is 0.243. The highest BCUT2D eigenvalue weighted by Gasteiger charge is 2.03. The first kappa shape index (κ1) is 22.0. The molecule has 0 aliphatic heterocycles. The molecule has 0 aliphatic carbocycles. The molecule has 0 fully saturated rings. The first-order valence-corrected chi connectivity index (χ1v) is 9.23. The van der Waals surface area contributed by atoms with Crippen molar-refractivity contribution in [2.24, 2.45) is 4.99 Å². The molecule has 0 radical (unpaired) electrons. The van der Waals surface area contributed by atoms with E-state index in [1.165, 1.54) is 18.2 Å². The second kappa shape index (κ2) is 13.4. The zero-order chi connectivity index (χ0) is 15.5. The Morgan fingerprint density at radius 3 is 2.68 bits per heavy atom. The van der Waals surface area contributed by atoms with Gasteiger partial charge < -0.3 is 10.6 Å². The van der Waals surface area contributed by atoms with Gasteiger partial charge >= 0.3 is 0 Å². The maximum atomic E-state index is 13.6. The molecule has 7 heteroatoms. The molecule has 2 N–H and O–H groups in total. The summed E-state index contributed by atoms with van der Waals surface area (Å²) < 4.78 is 14.5. The zero-order valence-corrected chi connectivity index (χ0v) is 17.7. The second-order valence-electron chi connectivity index (χ2n) is 4.61. The average molecular weight is 504 g/mol. The highest BCUT2D eigenvalue weighted by molar-refractivity contribution is 14.0. The minimum atomic E-state index is -0.167. The Hall–Kier alpha value is -0.0200. The van der Waals surface area contributed by atoms with Crippen molar-refractivity contribution in [3.8, 4) is 0 Å². The van der Waals surface area contributed by atoms with E-state index in [1.807, 2.05) is 17.8 Å². The Balaban J connectivity index is 0.00000441. The van der Waals surface area contributed by atoms with Crippen molar-refractivity contribution in [2.45, 2.75) is 19.3 Å². The van der Waals surface area contributed by atoms with Gasteiger partial charge in [-0.05, 0) is 55.0 Å². The molecule has 0 bridgehead atoms. The third-order valence-corrected chi connectivity index (χ3v) is 4.18. The lowest BCUT2D eigenvalue weighted by Gasteiger charge is -2.12. The van der Waals surface area contributed by atoms with Gasteiger partial charge in [-0.15, -0.1) is 24.0 Å². The topological polar surface area (TPSA) is 36.4 Å². The standard InChI is InChI=1S/C15H23BrFN3S.HI/c1-18-15(19-8-3-4-10-21-2)20-9-7-12-11-13(16)5-6-14(12)17;/h5-6,11H,3-4,7-10H2,1-2H3,(H2,18,19,20);1H. The van der Waals surface area contributed by atoms with E-state index in [0.717, 1.165) is 23.4 Å². The summed E-state index contributed by atoms with van der Waals surface area (Å²) in [4.78, 5) is 4.16. The minimum absolute atomic E-state index is 0. The molecule has 3 nitrogen and oxygen atoms in total. The van der Waals surface area contributed by atoms with E-state index in [9.17, 15) is 4.39 Å². The fourth-order valence-electron chi connectivity index (χ4n) is 1.85. The molecule has 0 heterocycles. The molecule has 0 aromatic heterocycles. The Labute approximate surface area is 162 Å². The van der Waals surface area contributed by atoms with Gasteiger partial charge in [-0.2, -0.15) is 11.8 Å². The maximum Gasteiger partial charge on any atom is 0.190 e. The summed E-state index contributed by atoms with van der Waals surface area (Å²) in [5, 5.41) is 6.47. The van der Waals surface area contributed by atoms with Gasteiger partial charge in [0.1, 0.15) is 5.82 Å². The van der Waals surface area contributed by atoms with Crippen LogP contribution in [0.15, 0.2) is 27.7 Å². The molecule has 0 spiro atoms. The van der Waals surface area contributed by atoms with Crippen LogP contribution in [0.1, 0.15) is 18.4 Å². The fraction of sp³-hybridized carbons (Fsp3) is 0.533. The van der Waals surface area contributed by atoms with Crippen molar-refractivity contribution >= 4 is 57.6 Å². The molecule has 126 valence electrons. The summed E-state index contributed by atoms with van der Waals surface area (Å²) in [6.07, 6.45) is 5.07. The van der Waals surface area contributed by atoms with Crippen LogP contribution in [0.2, 0.25) is 0 Å². The zero-order valence-electron chi connectivity index (χ0n) is 13.0. The van der Waals surface area contributed by atoms with Crippen molar-refractivity contribution in [3.05, 3.63) is 34.1 Å². The third kappa shape index (κ3) is 9.19. The summed E-state index contributed by atoms with van der Waals surface area (Å²) >= 11 is 5.23. The molecular weight excluding hydrogens is 480 g/mol. The number of nitrogens with zero attached hydrogens (tertiary/aromatic N) is 1. The Kier molecular flexibility index (Phi) is 13.4. The van der Waals surface area contributed by atoms with Gasteiger partial charge in [0, 0.05) is 24.6 Å². The Morgan fingerprint density at radius 1 is 1.27 bits per heavy atom. The highest BCUT2D eigenvalue weighted by atomic mass is 127. The van der Waals surface area contributed by atoms with Crippen LogP contribution >= 0.6 is 51.7 Å². The largest absolute Gasteiger partial charge is 0.356 e. The number of hydrogen-bond acceptors (Lipinski definition) is 2. The van der Waals surface area contributed by atoms with Crippen LogP contribution in [-0.2, 0) is 6.42 Å². The molecule has 0 saturated heterocycles. The van der Waals surface area contributed by atoms with Crippen molar-refractivity contribution in [2.75, 3.05) is 32.1 Å². The Bertz CT molecular complexity index is 460. The lowest BCUT2D eigenvalue weighted by atomic mass is 10.1. The van der Waals surface area contributed by atoms with Gasteiger partial charge in [-0.25, -0.2) is 4.39 Å². The summed E-state index contributed by atoms with van der Waals surface area (Å²) in [7, 11) is 1.75. The van der Waals surface area contributed by atoms with Crippen LogP contribution in [0.25, 0.3) is 0 Å². The van der Waals surface area contributed by atoms with Gasteiger partial charge in [0.2, 0.25) is 0 Å². The van der Waals surface area contributed by atoms with Crippen molar-refractivity contribution in [1.82, 2.24) is 10.6 Å². The van der Waals surface area contributed by atoms with Crippen molar-refractivity contribution in [3.63, 3.8) is 0 Å². The van der Waals surface area contributed by atoms with Gasteiger partial charge in [0.25, 0.3) is 0 Å². The molecule has 22 heavy (non-hydrogen) atoms. The summed E-state index contributed by atoms with van der Waals surface area (Å²) in [6.45, 7) is 1.56. The number of aliphatic imine (C=N–C) groups is 1. The molecule has 0 saturated carbocycles. The number of unbranched alkanes of at least 4 members (excludes halogenated alkanes) is 1. The lowest BCUT2D eigenvalue weighted by molar-refractivity contribution is 0.606. The third-order valence-electron chi connectivity index (χ3n) is 2.99. The maximum absolute atomic E-state index is 13.6. The minimum Gasteiger partial charge on any atom is -0.356 e. The van der Waals surface area contributed by atoms with E-state index in [2.05, 4.69) is 37.8 Å². The van der Waals surface area contributed by atoms with Crippen LogP contribution < -0.4 is 10.6 Å². The van der Waals surface area contributed by atoms with E-state index in [0.29, 0.717) is 18.5 Å². The van der Waals surface area contributed by atoms with Crippen LogP contribution in [0.5, 0.6) is 0 Å². The van der Waals surface area contributed by atoms with E-state index < -0.39 is 0 Å². The molecule has 1 aromatic rings. The molecule has 1 aromatic carbocycles.